The molecule has 1 aromatic heterocycles. The largest absolute Gasteiger partial charge is 0.240 e. The number of hydrogen-bond acceptors (Lipinski definition) is 3. The molecule has 0 atom stereocenters. The summed E-state index contributed by atoms with van der Waals surface area (Å²) in [6.07, 6.45) is 8.05. The van der Waals surface area contributed by atoms with Gasteiger partial charge in [-0.2, -0.15) is 12.6 Å². The Morgan fingerprint density at radius 2 is 2.23 bits per heavy atom. The van der Waals surface area contributed by atoms with Gasteiger partial charge in [-0.15, -0.1) is 5.10 Å². The Hall–Kier alpha value is -0.510. The van der Waals surface area contributed by atoms with E-state index in [4.69, 9.17) is 0 Å². The second-order valence-electron chi connectivity index (χ2n) is 3.18. The molecular weight excluding hydrogens is 182 g/mol. The molecule has 0 aliphatic heterocycles. The van der Waals surface area contributed by atoms with Crippen molar-refractivity contribution in [1.29, 1.82) is 0 Å². The van der Waals surface area contributed by atoms with Gasteiger partial charge in [-0.1, -0.05) is 31.4 Å². The third-order valence-electron chi connectivity index (χ3n) is 2.12. The smallest absolute Gasteiger partial charge is 0.0855 e. The highest BCUT2D eigenvalue weighted by Crippen LogP contribution is 2.06. The standard InChI is InChI=1S/C9H17N3S/c1-2-3-4-5-6-9-7-10-11-12(9)8-13/h7,13H,2-6,8H2,1H3. The van der Waals surface area contributed by atoms with Crippen LogP contribution in [0.25, 0.3) is 0 Å². The number of aromatic nitrogens is 3. The number of rotatable bonds is 6. The van der Waals surface area contributed by atoms with Crippen molar-refractivity contribution in [2.24, 2.45) is 0 Å². The number of aryl methyl sites for hydroxylation is 1. The fourth-order valence-electron chi connectivity index (χ4n) is 1.32. The molecular formula is C9H17N3S. The molecule has 0 unspecified atom stereocenters. The Bertz CT molecular complexity index is 235. The molecule has 0 fully saturated rings. The van der Waals surface area contributed by atoms with E-state index in [0.29, 0.717) is 5.88 Å². The second kappa shape index (κ2) is 6.02. The monoisotopic (exact) mass is 199 g/mol. The fourth-order valence-corrected chi connectivity index (χ4v) is 1.56. The molecule has 4 heteroatoms. The number of hydrogen-bond donors (Lipinski definition) is 1. The third-order valence-corrected chi connectivity index (χ3v) is 2.39. The van der Waals surface area contributed by atoms with E-state index in [-0.39, 0.29) is 0 Å². The zero-order valence-electron chi connectivity index (χ0n) is 8.11. The van der Waals surface area contributed by atoms with Crippen molar-refractivity contribution in [2.75, 3.05) is 0 Å². The lowest BCUT2D eigenvalue weighted by atomic mass is 10.1. The van der Waals surface area contributed by atoms with E-state index in [2.05, 4.69) is 29.9 Å². The fraction of sp³-hybridized carbons (Fsp3) is 0.778. The lowest BCUT2D eigenvalue weighted by Crippen LogP contribution is -2.01. The van der Waals surface area contributed by atoms with E-state index in [1.165, 1.54) is 31.4 Å². The van der Waals surface area contributed by atoms with E-state index in [9.17, 15) is 0 Å². The molecule has 1 rings (SSSR count). The van der Waals surface area contributed by atoms with E-state index in [1.807, 2.05) is 10.9 Å². The van der Waals surface area contributed by atoms with E-state index in [1.54, 1.807) is 0 Å². The van der Waals surface area contributed by atoms with Crippen molar-refractivity contribution >= 4 is 12.6 Å². The minimum atomic E-state index is 0.628. The first-order valence-corrected chi connectivity index (χ1v) is 5.50. The van der Waals surface area contributed by atoms with Crippen LogP contribution in [0.5, 0.6) is 0 Å². The van der Waals surface area contributed by atoms with Crippen molar-refractivity contribution in [3.05, 3.63) is 11.9 Å². The zero-order chi connectivity index (χ0) is 9.52. The Morgan fingerprint density at radius 3 is 2.92 bits per heavy atom. The summed E-state index contributed by atoms with van der Waals surface area (Å²) in [4.78, 5) is 0. The van der Waals surface area contributed by atoms with Crippen LogP contribution in [0.1, 0.15) is 38.3 Å². The maximum Gasteiger partial charge on any atom is 0.0855 e. The highest BCUT2D eigenvalue weighted by Gasteiger charge is 2.00. The molecule has 3 nitrogen and oxygen atoms in total. The minimum absolute atomic E-state index is 0.628. The van der Waals surface area contributed by atoms with Gasteiger partial charge in [0.05, 0.1) is 17.8 Å². The van der Waals surface area contributed by atoms with Gasteiger partial charge in [0.25, 0.3) is 0 Å². The maximum atomic E-state index is 4.17. The van der Waals surface area contributed by atoms with Gasteiger partial charge in [0.15, 0.2) is 0 Å². The summed E-state index contributed by atoms with van der Waals surface area (Å²) < 4.78 is 1.84. The Morgan fingerprint density at radius 1 is 1.38 bits per heavy atom. The molecule has 0 saturated heterocycles. The molecule has 0 bridgehead atoms. The molecule has 1 aromatic rings. The van der Waals surface area contributed by atoms with Crippen molar-refractivity contribution in [1.82, 2.24) is 15.0 Å². The van der Waals surface area contributed by atoms with Crippen LogP contribution >= 0.6 is 12.6 Å². The molecule has 1 heterocycles. The van der Waals surface area contributed by atoms with E-state index >= 15 is 0 Å². The molecule has 0 aliphatic carbocycles. The zero-order valence-corrected chi connectivity index (χ0v) is 9.00. The lowest BCUT2D eigenvalue weighted by Gasteiger charge is -2.01. The molecule has 0 N–H and O–H groups in total. The van der Waals surface area contributed by atoms with Crippen LogP contribution in [-0.2, 0) is 12.3 Å². The summed E-state index contributed by atoms with van der Waals surface area (Å²) in [5.74, 6) is 0.628. The topological polar surface area (TPSA) is 30.7 Å². The normalized spacial score (nSPS) is 10.6. The van der Waals surface area contributed by atoms with Crippen LogP contribution in [0.15, 0.2) is 6.20 Å². The van der Waals surface area contributed by atoms with Gasteiger partial charge in [0.1, 0.15) is 0 Å². The van der Waals surface area contributed by atoms with Crippen LogP contribution in [0.4, 0.5) is 0 Å². The van der Waals surface area contributed by atoms with Gasteiger partial charge < -0.3 is 0 Å². The number of thiol groups is 1. The first-order chi connectivity index (χ1) is 6.38. The van der Waals surface area contributed by atoms with Crippen molar-refractivity contribution in [3.8, 4) is 0 Å². The summed E-state index contributed by atoms with van der Waals surface area (Å²) in [6.45, 7) is 2.22. The summed E-state index contributed by atoms with van der Waals surface area (Å²) in [7, 11) is 0. The number of unbranched alkanes of at least 4 members (excludes halogenated alkanes) is 3. The summed E-state index contributed by atoms with van der Waals surface area (Å²) in [5, 5.41) is 7.78. The summed E-state index contributed by atoms with van der Waals surface area (Å²) >= 11 is 4.17. The average molecular weight is 199 g/mol. The van der Waals surface area contributed by atoms with Gasteiger partial charge in [0, 0.05) is 0 Å². The van der Waals surface area contributed by atoms with Crippen LogP contribution in [0.3, 0.4) is 0 Å². The molecule has 0 amide bonds. The molecule has 74 valence electrons. The van der Waals surface area contributed by atoms with Crippen LogP contribution < -0.4 is 0 Å². The Balaban J connectivity index is 2.27. The first-order valence-electron chi connectivity index (χ1n) is 4.86. The molecule has 0 aromatic carbocycles. The predicted octanol–water partition coefficient (Wildman–Crippen LogP) is 2.29. The predicted molar refractivity (Wildman–Crippen MR) is 56.9 cm³/mol. The Kier molecular flexibility index (Phi) is 4.90. The van der Waals surface area contributed by atoms with Crippen molar-refractivity contribution in [2.45, 2.75) is 44.9 Å². The Labute approximate surface area is 84.9 Å². The minimum Gasteiger partial charge on any atom is -0.240 e. The van der Waals surface area contributed by atoms with E-state index < -0.39 is 0 Å². The highest BCUT2D eigenvalue weighted by atomic mass is 32.1. The van der Waals surface area contributed by atoms with Gasteiger partial charge in [-0.05, 0) is 12.8 Å². The summed E-state index contributed by atoms with van der Waals surface area (Å²) in [5.41, 5.74) is 1.20. The van der Waals surface area contributed by atoms with Crippen LogP contribution in [0, 0.1) is 0 Å². The van der Waals surface area contributed by atoms with E-state index in [0.717, 1.165) is 6.42 Å². The van der Waals surface area contributed by atoms with Gasteiger partial charge >= 0.3 is 0 Å². The molecule has 0 saturated carbocycles. The average Bonchev–Trinajstić information content (AvgIpc) is 2.60. The lowest BCUT2D eigenvalue weighted by molar-refractivity contribution is 0.618. The molecule has 13 heavy (non-hydrogen) atoms. The van der Waals surface area contributed by atoms with Gasteiger partial charge in [-0.25, -0.2) is 4.68 Å². The summed E-state index contributed by atoms with van der Waals surface area (Å²) in [6, 6.07) is 0. The molecule has 0 aliphatic rings. The first kappa shape index (κ1) is 10.6. The van der Waals surface area contributed by atoms with Crippen LogP contribution in [0.2, 0.25) is 0 Å². The quantitative estimate of drug-likeness (QED) is 0.563. The maximum absolute atomic E-state index is 4.17. The van der Waals surface area contributed by atoms with Crippen molar-refractivity contribution in [3.63, 3.8) is 0 Å². The van der Waals surface area contributed by atoms with Gasteiger partial charge in [0.2, 0.25) is 0 Å². The second-order valence-corrected chi connectivity index (χ2v) is 3.46. The highest BCUT2D eigenvalue weighted by molar-refractivity contribution is 7.79. The third kappa shape index (κ3) is 3.38. The van der Waals surface area contributed by atoms with Crippen molar-refractivity contribution < 1.29 is 0 Å². The van der Waals surface area contributed by atoms with Crippen LogP contribution in [-0.4, -0.2) is 15.0 Å². The van der Waals surface area contributed by atoms with Gasteiger partial charge in [-0.3, -0.25) is 0 Å². The number of nitrogens with zero attached hydrogens (tertiary/aromatic N) is 3. The SMILES string of the molecule is CCCCCCc1cnnn1CS. The molecule has 0 spiro atoms. The molecule has 0 radical (unpaired) electrons.